The third-order valence-corrected chi connectivity index (χ3v) is 4.85. The van der Waals surface area contributed by atoms with Crippen molar-refractivity contribution in [2.75, 3.05) is 13.6 Å². The van der Waals surface area contributed by atoms with Gasteiger partial charge in [-0.3, -0.25) is 4.79 Å². The molecule has 1 rings (SSSR count). The van der Waals surface area contributed by atoms with Crippen molar-refractivity contribution in [1.29, 1.82) is 0 Å². The minimum absolute atomic E-state index is 0.0174. The van der Waals surface area contributed by atoms with Crippen molar-refractivity contribution in [2.24, 2.45) is 5.73 Å². The second-order valence-corrected chi connectivity index (χ2v) is 6.54. The lowest BCUT2D eigenvalue weighted by atomic mass is 10.6. The zero-order chi connectivity index (χ0) is 11.6. The van der Waals surface area contributed by atoms with E-state index in [1.54, 1.807) is 0 Å². The first-order chi connectivity index (χ1) is 6.84. The molecule has 0 spiro atoms. The van der Waals surface area contributed by atoms with Crippen molar-refractivity contribution in [3.8, 4) is 0 Å². The number of likely N-dealkylation sites (N-methyl/N-ethyl adjacent to an activating group) is 1. The Balaban J connectivity index is 2.98. The lowest BCUT2D eigenvalue weighted by Gasteiger charge is -2.12. The molecule has 9 heteroatoms. The number of carbonyl (C=O) groups is 1. The van der Waals surface area contributed by atoms with Crippen LogP contribution in [0, 0.1) is 0 Å². The van der Waals surface area contributed by atoms with Gasteiger partial charge in [-0.1, -0.05) is 22.9 Å². The monoisotopic (exact) mass is 269 g/mol. The van der Waals surface area contributed by atoms with E-state index < -0.39 is 15.9 Å². The van der Waals surface area contributed by atoms with Crippen LogP contribution in [0.1, 0.15) is 0 Å². The van der Waals surface area contributed by atoms with Crippen molar-refractivity contribution in [3.05, 3.63) is 10.7 Å². The molecule has 0 unspecified atom stereocenters. The summed E-state index contributed by atoms with van der Waals surface area (Å²) in [5.41, 5.74) is 4.89. The first-order valence-corrected chi connectivity index (χ1v) is 6.33. The molecule has 0 fully saturated rings. The van der Waals surface area contributed by atoms with E-state index in [0.29, 0.717) is 0 Å². The quantitative estimate of drug-likeness (QED) is 0.826. The number of primary amides is 1. The normalized spacial score (nSPS) is 11.9. The summed E-state index contributed by atoms with van der Waals surface area (Å²) in [6.07, 6.45) is 1.14. The van der Waals surface area contributed by atoms with E-state index >= 15 is 0 Å². The van der Waals surface area contributed by atoms with Crippen molar-refractivity contribution in [2.45, 2.75) is 4.21 Å². The summed E-state index contributed by atoms with van der Waals surface area (Å²) in [6.45, 7) is -0.377. The molecule has 1 amide bonds. The van der Waals surface area contributed by atoms with Crippen LogP contribution in [-0.2, 0) is 14.8 Å². The number of carbonyl (C=O) groups excluding carboxylic acids is 1. The van der Waals surface area contributed by atoms with Gasteiger partial charge >= 0.3 is 0 Å². The highest BCUT2D eigenvalue weighted by Crippen LogP contribution is 2.24. The Kier molecular flexibility index (Phi) is 3.66. The van der Waals surface area contributed by atoms with Gasteiger partial charge in [0, 0.05) is 7.05 Å². The predicted octanol–water partition coefficient (Wildman–Crippen LogP) is -0.0977. The molecule has 1 heterocycles. The van der Waals surface area contributed by atoms with Gasteiger partial charge in [0.25, 0.3) is 10.0 Å². The van der Waals surface area contributed by atoms with Gasteiger partial charge in [-0.15, -0.1) is 0 Å². The largest absolute Gasteiger partial charge is 0.369 e. The van der Waals surface area contributed by atoms with Crippen molar-refractivity contribution in [1.82, 2.24) is 9.29 Å². The van der Waals surface area contributed by atoms with Crippen LogP contribution < -0.4 is 5.73 Å². The highest BCUT2D eigenvalue weighted by atomic mass is 35.5. The van der Waals surface area contributed by atoms with Crippen LogP contribution >= 0.6 is 22.9 Å². The third kappa shape index (κ3) is 2.88. The Labute approximate surface area is 95.7 Å². The van der Waals surface area contributed by atoms with E-state index in [1.807, 2.05) is 0 Å². The van der Waals surface area contributed by atoms with Crippen LogP contribution in [0.3, 0.4) is 0 Å². The number of halogens is 1. The number of nitrogens with zero attached hydrogens (tertiary/aromatic N) is 2. The van der Waals surface area contributed by atoms with Gasteiger partial charge in [-0.05, 0) is 0 Å². The van der Waals surface area contributed by atoms with Gasteiger partial charge in [0.05, 0.1) is 12.7 Å². The minimum Gasteiger partial charge on any atom is -0.369 e. The molecular formula is C6H8ClN3O3S2. The highest BCUT2D eigenvalue weighted by molar-refractivity contribution is 7.91. The van der Waals surface area contributed by atoms with Crippen LogP contribution in [0.15, 0.2) is 10.4 Å². The second kappa shape index (κ2) is 4.44. The molecule has 6 nitrogen and oxygen atoms in total. The van der Waals surface area contributed by atoms with Gasteiger partial charge < -0.3 is 5.73 Å². The molecule has 2 N–H and O–H groups in total. The van der Waals surface area contributed by atoms with E-state index in [9.17, 15) is 13.2 Å². The molecule has 0 radical (unpaired) electrons. The van der Waals surface area contributed by atoms with Crippen molar-refractivity contribution < 1.29 is 13.2 Å². The maximum atomic E-state index is 11.7. The molecule has 0 saturated carbocycles. The highest BCUT2D eigenvalue weighted by Gasteiger charge is 2.24. The van der Waals surface area contributed by atoms with E-state index in [2.05, 4.69) is 4.98 Å². The van der Waals surface area contributed by atoms with E-state index in [0.717, 1.165) is 21.8 Å². The first kappa shape index (κ1) is 12.4. The number of sulfonamides is 1. The first-order valence-electron chi connectivity index (χ1n) is 3.70. The standard InChI is InChI=1S/C6H8ClN3O3S2/c1-10(3-4(8)11)15(12,13)5-2-9-6(7)14-5/h2H,3H2,1H3,(H2,8,11). The minimum atomic E-state index is -3.71. The molecule has 84 valence electrons. The zero-order valence-electron chi connectivity index (χ0n) is 7.68. The molecule has 0 atom stereocenters. The summed E-state index contributed by atoms with van der Waals surface area (Å²) < 4.78 is 24.4. The molecule has 0 saturated heterocycles. The number of aromatic nitrogens is 1. The van der Waals surface area contributed by atoms with E-state index in [1.165, 1.54) is 7.05 Å². The van der Waals surface area contributed by atoms with Crippen LogP contribution in [0.25, 0.3) is 0 Å². The molecule has 0 aliphatic heterocycles. The summed E-state index contributed by atoms with van der Waals surface area (Å²) in [5.74, 6) is -0.725. The topological polar surface area (TPSA) is 93.4 Å². The number of nitrogens with two attached hydrogens (primary N) is 1. The fraction of sp³-hybridized carbons (Fsp3) is 0.333. The summed E-state index contributed by atoms with van der Waals surface area (Å²) in [6, 6.07) is 0. The Morgan fingerprint density at radius 2 is 2.33 bits per heavy atom. The van der Waals surface area contributed by atoms with E-state index in [-0.39, 0.29) is 15.2 Å². The fourth-order valence-corrected chi connectivity index (χ4v) is 3.46. The van der Waals surface area contributed by atoms with Crippen LogP contribution in [0.2, 0.25) is 4.47 Å². The predicted molar refractivity (Wildman–Crippen MR) is 56.1 cm³/mol. The molecule has 0 bridgehead atoms. The molecule has 0 aliphatic carbocycles. The smallest absolute Gasteiger partial charge is 0.254 e. The zero-order valence-corrected chi connectivity index (χ0v) is 10.1. The maximum Gasteiger partial charge on any atom is 0.254 e. The van der Waals surface area contributed by atoms with Crippen molar-refractivity contribution in [3.63, 3.8) is 0 Å². The van der Waals surface area contributed by atoms with Gasteiger partial charge in [-0.25, -0.2) is 13.4 Å². The lowest BCUT2D eigenvalue weighted by molar-refractivity contribution is -0.118. The summed E-state index contributed by atoms with van der Waals surface area (Å²) in [5, 5.41) is 0. The Bertz CT molecular complexity index is 470. The van der Waals surface area contributed by atoms with Gasteiger partial charge in [0.15, 0.2) is 8.68 Å². The fourth-order valence-electron chi connectivity index (χ4n) is 0.816. The van der Waals surface area contributed by atoms with Crippen molar-refractivity contribution >= 4 is 38.9 Å². The molecule has 1 aromatic heterocycles. The van der Waals surface area contributed by atoms with Gasteiger partial charge in [0.2, 0.25) is 5.91 Å². The average molecular weight is 270 g/mol. The average Bonchev–Trinajstić information content (AvgIpc) is 2.50. The number of hydrogen-bond acceptors (Lipinski definition) is 5. The van der Waals surface area contributed by atoms with Crippen LogP contribution in [0.4, 0.5) is 0 Å². The number of thiazole rings is 1. The molecule has 0 aliphatic rings. The lowest BCUT2D eigenvalue weighted by Crippen LogP contribution is -2.34. The number of hydrogen-bond donors (Lipinski definition) is 1. The Hall–Kier alpha value is -0.700. The Morgan fingerprint density at radius 1 is 1.73 bits per heavy atom. The SMILES string of the molecule is CN(CC(N)=O)S(=O)(=O)c1cnc(Cl)s1. The summed E-state index contributed by atoms with van der Waals surface area (Å²) >= 11 is 6.33. The number of rotatable bonds is 4. The van der Waals surface area contributed by atoms with Gasteiger partial charge in [0.1, 0.15) is 0 Å². The molecule has 1 aromatic rings. The van der Waals surface area contributed by atoms with Crippen LogP contribution in [-0.4, -0.2) is 37.2 Å². The van der Waals surface area contributed by atoms with E-state index in [4.69, 9.17) is 17.3 Å². The third-order valence-electron chi connectivity index (χ3n) is 1.50. The molecular weight excluding hydrogens is 262 g/mol. The summed E-state index contributed by atoms with van der Waals surface area (Å²) in [7, 11) is -2.45. The summed E-state index contributed by atoms with van der Waals surface area (Å²) in [4.78, 5) is 14.2. The maximum absolute atomic E-state index is 11.7. The molecule has 0 aromatic carbocycles. The second-order valence-electron chi connectivity index (χ2n) is 2.66. The Morgan fingerprint density at radius 3 is 2.73 bits per heavy atom. The van der Waals surface area contributed by atoms with Gasteiger partial charge in [-0.2, -0.15) is 4.31 Å². The van der Waals surface area contributed by atoms with Crippen LogP contribution in [0.5, 0.6) is 0 Å². The number of amides is 1. The molecule has 15 heavy (non-hydrogen) atoms.